The van der Waals surface area contributed by atoms with Crippen LogP contribution >= 0.6 is 0 Å². The molecule has 1 atom stereocenters. The molecule has 2 aromatic carbocycles. The first-order valence-electron chi connectivity index (χ1n) is 11.6. The summed E-state index contributed by atoms with van der Waals surface area (Å²) in [6.45, 7) is 8.65. The molecule has 3 rings (SSSR count). The molecule has 1 heterocycles. The van der Waals surface area contributed by atoms with Gasteiger partial charge in [-0.05, 0) is 74.9 Å². The number of alkyl carbamates (subject to hydrolysis) is 1. The molecule has 0 aliphatic rings. The number of carbonyl (C=O) groups is 2. The highest BCUT2D eigenvalue weighted by atomic mass is 19.1. The zero-order valence-corrected chi connectivity index (χ0v) is 20.6. The fourth-order valence-corrected chi connectivity index (χ4v) is 3.78. The third-order valence-electron chi connectivity index (χ3n) is 5.61. The molecule has 0 unspecified atom stereocenters. The molecule has 7 heteroatoms. The van der Waals surface area contributed by atoms with Gasteiger partial charge in [-0.1, -0.05) is 31.2 Å². The van der Waals surface area contributed by atoms with Crippen LogP contribution in [-0.4, -0.2) is 35.3 Å². The normalized spacial score (nSPS) is 12.4. The van der Waals surface area contributed by atoms with E-state index in [1.807, 2.05) is 56.7 Å². The largest absolute Gasteiger partial charge is 0.444 e. The van der Waals surface area contributed by atoms with Gasteiger partial charge in [-0.3, -0.25) is 4.79 Å². The number of nitrogens with zero attached hydrogens (tertiary/aromatic N) is 1. The molecule has 3 aromatic rings. The maximum Gasteiger partial charge on any atom is 0.407 e. The molecule has 2 amide bonds. The van der Waals surface area contributed by atoms with Crippen LogP contribution in [0.4, 0.5) is 9.18 Å². The van der Waals surface area contributed by atoms with Crippen LogP contribution in [0.1, 0.15) is 51.0 Å². The number of rotatable bonds is 8. The van der Waals surface area contributed by atoms with Crippen molar-refractivity contribution in [3.63, 3.8) is 0 Å². The minimum absolute atomic E-state index is 0.124. The highest BCUT2D eigenvalue weighted by Crippen LogP contribution is 2.26. The van der Waals surface area contributed by atoms with Crippen molar-refractivity contribution in [3.8, 4) is 11.1 Å². The Labute approximate surface area is 200 Å². The Balaban J connectivity index is 1.53. The first-order chi connectivity index (χ1) is 16.0. The van der Waals surface area contributed by atoms with E-state index in [9.17, 15) is 14.0 Å². The second-order valence-corrected chi connectivity index (χ2v) is 9.76. The summed E-state index contributed by atoms with van der Waals surface area (Å²) in [7, 11) is 1.87. The second kappa shape index (κ2) is 10.7. The van der Waals surface area contributed by atoms with Gasteiger partial charge in [0.15, 0.2) is 0 Å². The fraction of sp³-hybridized carbons (Fsp3) is 0.407. The number of aryl methyl sites for hydroxylation is 1. The van der Waals surface area contributed by atoms with E-state index in [0.29, 0.717) is 18.8 Å². The summed E-state index contributed by atoms with van der Waals surface area (Å²) < 4.78 is 20.3. The van der Waals surface area contributed by atoms with E-state index in [4.69, 9.17) is 4.74 Å². The number of hydrogen-bond acceptors (Lipinski definition) is 3. The molecule has 34 heavy (non-hydrogen) atoms. The van der Waals surface area contributed by atoms with Crippen molar-refractivity contribution in [3.05, 3.63) is 60.0 Å². The number of amides is 2. The molecule has 6 nitrogen and oxygen atoms in total. The van der Waals surface area contributed by atoms with Crippen molar-refractivity contribution >= 4 is 22.9 Å². The average Bonchev–Trinajstić information content (AvgIpc) is 3.10. The van der Waals surface area contributed by atoms with E-state index in [-0.39, 0.29) is 17.6 Å². The number of carbonyl (C=O) groups excluding carboxylic acids is 2. The van der Waals surface area contributed by atoms with Crippen LogP contribution in [0.15, 0.2) is 48.5 Å². The van der Waals surface area contributed by atoms with Crippen LogP contribution in [0, 0.1) is 11.7 Å². The Morgan fingerprint density at radius 3 is 2.38 bits per heavy atom. The van der Waals surface area contributed by atoms with Crippen molar-refractivity contribution in [1.82, 2.24) is 15.2 Å². The average molecular weight is 468 g/mol. The number of nitrogens with one attached hydrogen (secondary N) is 2. The third kappa shape index (κ3) is 6.83. The van der Waals surface area contributed by atoms with Gasteiger partial charge in [-0.15, -0.1) is 0 Å². The number of hydrogen-bond donors (Lipinski definition) is 2. The Bertz CT molecular complexity index is 1150. The Morgan fingerprint density at radius 1 is 1.03 bits per heavy atom. The SMILES string of the molecule is C[C@@H](CCCNC(=O)OC(C)(C)C)CNC(=O)c1cc2ccc(-c3ccc(F)cc3)cc2n1C. The highest BCUT2D eigenvalue weighted by Gasteiger charge is 2.17. The van der Waals surface area contributed by atoms with E-state index >= 15 is 0 Å². The third-order valence-corrected chi connectivity index (χ3v) is 5.61. The van der Waals surface area contributed by atoms with Crippen molar-refractivity contribution in [2.24, 2.45) is 13.0 Å². The van der Waals surface area contributed by atoms with E-state index < -0.39 is 11.7 Å². The van der Waals surface area contributed by atoms with Crippen molar-refractivity contribution < 1.29 is 18.7 Å². The van der Waals surface area contributed by atoms with Gasteiger partial charge in [0.2, 0.25) is 0 Å². The topological polar surface area (TPSA) is 72.4 Å². The van der Waals surface area contributed by atoms with E-state index in [1.54, 1.807) is 12.1 Å². The predicted octanol–water partition coefficient (Wildman–Crippen LogP) is 5.66. The number of fused-ring (bicyclic) bond motifs is 1. The molecule has 0 saturated heterocycles. The summed E-state index contributed by atoms with van der Waals surface area (Å²) in [5.41, 5.74) is 2.91. The van der Waals surface area contributed by atoms with E-state index in [1.165, 1.54) is 12.1 Å². The molecule has 0 aliphatic carbocycles. The number of benzene rings is 2. The van der Waals surface area contributed by atoms with Crippen molar-refractivity contribution in [2.75, 3.05) is 13.1 Å². The zero-order valence-electron chi connectivity index (χ0n) is 20.6. The molecule has 0 fully saturated rings. The second-order valence-electron chi connectivity index (χ2n) is 9.76. The van der Waals surface area contributed by atoms with Crippen LogP contribution in [0.3, 0.4) is 0 Å². The van der Waals surface area contributed by atoms with Gasteiger partial charge in [0, 0.05) is 31.0 Å². The summed E-state index contributed by atoms with van der Waals surface area (Å²) in [6, 6.07) is 14.2. The Kier molecular flexibility index (Phi) is 7.97. The summed E-state index contributed by atoms with van der Waals surface area (Å²) in [5.74, 6) is -0.124. The monoisotopic (exact) mass is 467 g/mol. The molecule has 0 spiro atoms. The molecule has 0 bridgehead atoms. The lowest BCUT2D eigenvalue weighted by atomic mass is 10.0. The smallest absolute Gasteiger partial charge is 0.407 e. The van der Waals surface area contributed by atoms with Crippen LogP contribution in [0.2, 0.25) is 0 Å². The standard InChI is InChI=1S/C27H34FN3O3/c1-18(7-6-14-29-26(33)34-27(2,3)4)17-30-25(32)24-16-21-9-8-20(15-23(21)31(24)5)19-10-12-22(28)13-11-19/h8-13,15-16,18H,6-7,14,17H2,1-5H3,(H,29,33)(H,30,32)/t18-/m0/s1. The van der Waals surface area contributed by atoms with E-state index in [0.717, 1.165) is 34.9 Å². The maximum absolute atomic E-state index is 13.2. The lowest BCUT2D eigenvalue weighted by molar-refractivity contribution is 0.0526. The van der Waals surface area contributed by atoms with Crippen LogP contribution in [0.25, 0.3) is 22.0 Å². The quantitative estimate of drug-likeness (QED) is 0.420. The first kappa shape index (κ1) is 25.3. The molecule has 0 radical (unpaired) electrons. The fourth-order valence-electron chi connectivity index (χ4n) is 3.78. The molecule has 0 aliphatic heterocycles. The van der Waals surface area contributed by atoms with Crippen LogP contribution in [-0.2, 0) is 11.8 Å². The molecule has 182 valence electrons. The number of aromatic nitrogens is 1. The molecule has 1 aromatic heterocycles. The van der Waals surface area contributed by atoms with Crippen LogP contribution < -0.4 is 10.6 Å². The summed E-state index contributed by atoms with van der Waals surface area (Å²) >= 11 is 0. The van der Waals surface area contributed by atoms with Gasteiger partial charge in [-0.2, -0.15) is 0 Å². The van der Waals surface area contributed by atoms with Gasteiger partial charge in [0.05, 0.1) is 0 Å². The minimum Gasteiger partial charge on any atom is -0.444 e. The summed E-state index contributed by atoms with van der Waals surface area (Å²) in [4.78, 5) is 24.5. The lowest BCUT2D eigenvalue weighted by Gasteiger charge is -2.20. The molecule has 0 saturated carbocycles. The molecule has 2 N–H and O–H groups in total. The number of ether oxygens (including phenoxy) is 1. The van der Waals surface area contributed by atoms with Crippen molar-refractivity contribution in [1.29, 1.82) is 0 Å². The van der Waals surface area contributed by atoms with Gasteiger partial charge >= 0.3 is 6.09 Å². The zero-order chi connectivity index (χ0) is 24.9. The predicted molar refractivity (Wildman–Crippen MR) is 133 cm³/mol. The lowest BCUT2D eigenvalue weighted by Crippen LogP contribution is -2.33. The van der Waals surface area contributed by atoms with E-state index in [2.05, 4.69) is 17.6 Å². The van der Waals surface area contributed by atoms with Gasteiger partial charge in [0.25, 0.3) is 5.91 Å². The van der Waals surface area contributed by atoms with Crippen molar-refractivity contribution in [2.45, 2.75) is 46.1 Å². The minimum atomic E-state index is -0.508. The molecular formula is C27H34FN3O3. The first-order valence-corrected chi connectivity index (χ1v) is 11.6. The Morgan fingerprint density at radius 2 is 1.71 bits per heavy atom. The highest BCUT2D eigenvalue weighted by molar-refractivity contribution is 5.99. The summed E-state index contributed by atoms with van der Waals surface area (Å²) in [6.07, 6.45) is 1.26. The number of halogens is 1. The Hall–Kier alpha value is -3.35. The summed E-state index contributed by atoms with van der Waals surface area (Å²) in [5, 5.41) is 6.75. The van der Waals surface area contributed by atoms with Gasteiger partial charge in [0.1, 0.15) is 17.1 Å². The molecular weight excluding hydrogens is 433 g/mol. The maximum atomic E-state index is 13.2. The van der Waals surface area contributed by atoms with Gasteiger partial charge in [-0.25, -0.2) is 9.18 Å². The van der Waals surface area contributed by atoms with Crippen LogP contribution in [0.5, 0.6) is 0 Å². The van der Waals surface area contributed by atoms with Gasteiger partial charge < -0.3 is 19.9 Å².